The van der Waals surface area contributed by atoms with Crippen molar-refractivity contribution in [3.63, 3.8) is 0 Å². The molecule has 0 aromatic heterocycles. The van der Waals surface area contributed by atoms with Gasteiger partial charge in [-0.15, -0.1) is 0 Å². The molecule has 24 heavy (non-hydrogen) atoms. The minimum atomic E-state index is -5.00. The Morgan fingerprint density at radius 3 is 2.71 bits per heavy atom. The van der Waals surface area contributed by atoms with Crippen LogP contribution in [-0.2, 0) is 0 Å². The van der Waals surface area contributed by atoms with Gasteiger partial charge in [-0.2, -0.15) is 23.3 Å². The molecule has 1 aromatic rings. The average Bonchev–Trinajstić information content (AvgIpc) is 2.81. The lowest BCUT2D eigenvalue weighted by atomic mass is 9.76. The largest absolute Gasteiger partial charge is 0.439 e. The molecular formula is C16H16BrF3N2O2. The van der Waals surface area contributed by atoms with Crippen LogP contribution in [-0.4, -0.2) is 33.6 Å². The van der Waals surface area contributed by atoms with Gasteiger partial charge in [0, 0.05) is 10.2 Å². The maximum atomic E-state index is 13.7. The lowest BCUT2D eigenvalue weighted by Gasteiger charge is -2.39. The van der Waals surface area contributed by atoms with Crippen molar-refractivity contribution < 1.29 is 23.1 Å². The van der Waals surface area contributed by atoms with Gasteiger partial charge < -0.3 is 5.11 Å². The Morgan fingerprint density at radius 2 is 2.08 bits per heavy atom. The van der Waals surface area contributed by atoms with Gasteiger partial charge >= 0.3 is 6.18 Å². The predicted molar refractivity (Wildman–Crippen MR) is 85.3 cm³/mol. The second-order valence-electron chi connectivity index (χ2n) is 6.34. The first-order valence-corrected chi connectivity index (χ1v) is 8.41. The molecule has 130 valence electrons. The van der Waals surface area contributed by atoms with Crippen molar-refractivity contribution in [2.45, 2.75) is 38.1 Å². The van der Waals surface area contributed by atoms with E-state index >= 15 is 0 Å². The van der Waals surface area contributed by atoms with E-state index in [1.54, 1.807) is 18.2 Å². The first-order valence-electron chi connectivity index (χ1n) is 7.61. The number of benzene rings is 1. The Morgan fingerprint density at radius 1 is 1.42 bits per heavy atom. The standard InChI is InChI=1S/C16H16BrF3N2O2/c1-9-6-7-13-11(8-9)15(24,16(18,19)20)22(21-13)14(23)10-4-2-3-5-12(10)17/h2-5,9,11,24H,6-8H2,1H3/t9-,11+,15+/m1/s1. The smallest absolute Gasteiger partial charge is 0.362 e. The molecular weight excluding hydrogens is 389 g/mol. The van der Waals surface area contributed by atoms with Gasteiger partial charge in [-0.25, -0.2) is 0 Å². The minimum Gasteiger partial charge on any atom is -0.362 e. The molecule has 4 nitrogen and oxygen atoms in total. The number of alkyl halides is 3. The molecule has 1 aliphatic heterocycles. The highest BCUT2D eigenvalue weighted by molar-refractivity contribution is 9.10. The zero-order valence-corrected chi connectivity index (χ0v) is 14.4. The summed E-state index contributed by atoms with van der Waals surface area (Å²) in [5.74, 6) is -2.16. The molecule has 1 N–H and O–H groups in total. The summed E-state index contributed by atoms with van der Waals surface area (Å²) in [6.07, 6.45) is -3.81. The Balaban J connectivity index is 2.07. The Kier molecular flexibility index (Phi) is 4.24. The highest BCUT2D eigenvalue weighted by atomic mass is 79.9. The van der Waals surface area contributed by atoms with E-state index in [9.17, 15) is 23.1 Å². The molecule has 1 saturated carbocycles. The number of fused-ring (bicyclic) bond motifs is 1. The van der Waals surface area contributed by atoms with Crippen LogP contribution in [0.15, 0.2) is 33.8 Å². The van der Waals surface area contributed by atoms with Gasteiger partial charge in [0.2, 0.25) is 0 Å². The summed E-state index contributed by atoms with van der Waals surface area (Å²) < 4.78 is 41.6. The molecule has 0 bridgehead atoms. The van der Waals surface area contributed by atoms with Gasteiger partial charge in [0.05, 0.1) is 11.5 Å². The van der Waals surface area contributed by atoms with E-state index in [1.165, 1.54) is 6.07 Å². The van der Waals surface area contributed by atoms with Crippen LogP contribution in [0.1, 0.15) is 36.5 Å². The van der Waals surface area contributed by atoms with Gasteiger partial charge in [-0.05, 0) is 53.2 Å². The summed E-state index contributed by atoms with van der Waals surface area (Å²) in [7, 11) is 0. The van der Waals surface area contributed by atoms with Crippen molar-refractivity contribution in [2.75, 3.05) is 0 Å². The van der Waals surface area contributed by atoms with E-state index in [0.29, 0.717) is 17.3 Å². The Hall–Kier alpha value is -1.41. The third kappa shape index (κ3) is 2.56. The van der Waals surface area contributed by atoms with Crippen LogP contribution in [0.4, 0.5) is 13.2 Å². The fourth-order valence-corrected chi connectivity index (χ4v) is 3.81. The number of halogens is 4. The van der Waals surface area contributed by atoms with Crippen molar-refractivity contribution in [1.82, 2.24) is 5.01 Å². The molecule has 0 spiro atoms. The lowest BCUT2D eigenvalue weighted by Crippen LogP contribution is -2.61. The third-order valence-electron chi connectivity index (χ3n) is 4.68. The maximum absolute atomic E-state index is 13.7. The van der Waals surface area contributed by atoms with Crippen LogP contribution in [0, 0.1) is 11.8 Å². The molecule has 1 fully saturated rings. The van der Waals surface area contributed by atoms with E-state index in [4.69, 9.17) is 0 Å². The van der Waals surface area contributed by atoms with Crippen LogP contribution in [0.5, 0.6) is 0 Å². The number of hydrazone groups is 1. The van der Waals surface area contributed by atoms with Crippen LogP contribution >= 0.6 is 15.9 Å². The monoisotopic (exact) mass is 404 g/mol. The van der Waals surface area contributed by atoms with Gasteiger partial charge in [0.25, 0.3) is 11.6 Å². The van der Waals surface area contributed by atoms with E-state index in [2.05, 4.69) is 21.0 Å². The highest BCUT2D eigenvalue weighted by Crippen LogP contribution is 2.49. The number of carbonyl (C=O) groups excluding carboxylic acids is 1. The normalized spacial score (nSPS) is 30.1. The molecule has 3 rings (SSSR count). The second-order valence-corrected chi connectivity index (χ2v) is 7.20. The van der Waals surface area contributed by atoms with Gasteiger partial charge in [-0.1, -0.05) is 19.1 Å². The second kappa shape index (κ2) is 5.84. The van der Waals surface area contributed by atoms with Gasteiger partial charge in [0.15, 0.2) is 0 Å². The fraction of sp³-hybridized carbons (Fsp3) is 0.500. The Labute approximate surface area is 145 Å². The fourth-order valence-electron chi connectivity index (χ4n) is 3.36. The summed E-state index contributed by atoms with van der Waals surface area (Å²) in [6, 6.07) is 6.14. The van der Waals surface area contributed by atoms with Crippen molar-refractivity contribution in [3.05, 3.63) is 34.3 Å². The zero-order chi connectivity index (χ0) is 17.7. The molecule has 1 amide bonds. The number of carbonyl (C=O) groups is 1. The van der Waals surface area contributed by atoms with Gasteiger partial charge in [0.1, 0.15) is 0 Å². The van der Waals surface area contributed by atoms with Crippen molar-refractivity contribution in [2.24, 2.45) is 16.9 Å². The molecule has 1 aliphatic carbocycles. The van der Waals surface area contributed by atoms with Crippen LogP contribution in [0.2, 0.25) is 0 Å². The molecule has 2 aliphatic rings. The van der Waals surface area contributed by atoms with E-state index in [-0.39, 0.29) is 28.6 Å². The summed E-state index contributed by atoms with van der Waals surface area (Å²) in [5.41, 5.74) is -3.03. The number of hydrogen-bond acceptors (Lipinski definition) is 3. The topological polar surface area (TPSA) is 52.9 Å². The molecule has 3 atom stereocenters. The number of rotatable bonds is 1. The lowest BCUT2D eigenvalue weighted by molar-refractivity contribution is -0.313. The minimum absolute atomic E-state index is 0.0243. The number of nitrogens with zero attached hydrogens (tertiary/aromatic N) is 2. The van der Waals surface area contributed by atoms with Gasteiger partial charge in [-0.3, -0.25) is 4.79 Å². The van der Waals surface area contributed by atoms with Crippen molar-refractivity contribution >= 4 is 27.5 Å². The maximum Gasteiger partial charge on any atom is 0.439 e. The molecule has 0 unspecified atom stereocenters. The van der Waals surface area contributed by atoms with Crippen LogP contribution in [0.3, 0.4) is 0 Å². The number of hydrogen-bond donors (Lipinski definition) is 1. The van der Waals surface area contributed by atoms with Crippen molar-refractivity contribution in [1.29, 1.82) is 0 Å². The molecule has 8 heteroatoms. The summed E-state index contributed by atoms with van der Waals surface area (Å²) >= 11 is 3.16. The molecule has 1 aromatic carbocycles. The average molecular weight is 405 g/mol. The quantitative estimate of drug-likeness (QED) is 0.770. The number of aliphatic hydroxyl groups is 1. The summed E-state index contributed by atoms with van der Waals surface area (Å²) in [5, 5.41) is 14.7. The van der Waals surface area contributed by atoms with E-state index < -0.39 is 23.7 Å². The third-order valence-corrected chi connectivity index (χ3v) is 5.38. The summed E-state index contributed by atoms with van der Waals surface area (Å²) in [4.78, 5) is 12.7. The van der Waals surface area contributed by atoms with E-state index in [1.807, 2.05) is 6.92 Å². The highest BCUT2D eigenvalue weighted by Gasteiger charge is 2.68. The number of amides is 1. The first kappa shape index (κ1) is 17.4. The molecule has 0 radical (unpaired) electrons. The first-order chi connectivity index (χ1) is 11.2. The zero-order valence-electron chi connectivity index (χ0n) is 12.8. The predicted octanol–water partition coefficient (Wildman–Crippen LogP) is 3.95. The molecule has 0 saturated heterocycles. The summed E-state index contributed by atoms with van der Waals surface area (Å²) in [6.45, 7) is 1.84. The van der Waals surface area contributed by atoms with Crippen LogP contribution in [0.25, 0.3) is 0 Å². The van der Waals surface area contributed by atoms with Crippen LogP contribution < -0.4 is 0 Å². The molecule has 1 heterocycles. The Bertz CT molecular complexity index is 707. The van der Waals surface area contributed by atoms with E-state index in [0.717, 1.165) is 0 Å². The van der Waals surface area contributed by atoms with Crippen molar-refractivity contribution in [3.8, 4) is 0 Å². The SMILES string of the molecule is C[C@@H]1CCC2=NN(C(=O)c3ccccc3Br)[C@@](O)(C(F)(F)F)[C@H]2C1.